The van der Waals surface area contributed by atoms with E-state index in [1.165, 1.54) is 4.88 Å². The number of thiazole rings is 1. The number of nitrogens with one attached hydrogen (secondary N) is 1. The Morgan fingerprint density at radius 1 is 1.77 bits per heavy atom. The van der Waals surface area contributed by atoms with Crippen LogP contribution in [0.2, 0.25) is 0 Å². The quantitative estimate of drug-likeness (QED) is 0.583. The minimum atomic E-state index is 0.677. The molecule has 3 N–H and O–H groups in total. The van der Waals surface area contributed by atoms with Crippen molar-refractivity contribution in [2.45, 2.75) is 11.0 Å². The Morgan fingerprint density at radius 3 is 3.15 bits per heavy atom. The van der Waals surface area contributed by atoms with Gasteiger partial charge in [0.15, 0.2) is 5.13 Å². The van der Waals surface area contributed by atoms with E-state index in [9.17, 15) is 0 Å². The van der Waals surface area contributed by atoms with Gasteiger partial charge in [-0.3, -0.25) is 5.43 Å². The summed E-state index contributed by atoms with van der Waals surface area (Å²) in [6, 6.07) is 0. The minimum Gasteiger partial charge on any atom is -0.379 e. The Kier molecular flexibility index (Phi) is 3.05. The first-order valence-corrected chi connectivity index (χ1v) is 5.85. The van der Waals surface area contributed by atoms with Crippen LogP contribution in [0.25, 0.3) is 0 Å². The highest BCUT2D eigenvalue weighted by molar-refractivity contribution is 7.99. The van der Waals surface area contributed by atoms with Crippen molar-refractivity contribution in [2.75, 3.05) is 18.6 Å². The normalized spacial score (nSPS) is 17.0. The summed E-state index contributed by atoms with van der Waals surface area (Å²) in [7, 11) is 0. The lowest BCUT2D eigenvalue weighted by molar-refractivity contribution is 0.0455. The molecular weight excluding hydrogens is 206 g/mol. The third-order valence-corrected chi connectivity index (χ3v) is 4.08. The maximum atomic E-state index is 5.23. The van der Waals surface area contributed by atoms with Gasteiger partial charge < -0.3 is 4.74 Å². The van der Waals surface area contributed by atoms with Crippen LogP contribution in [-0.4, -0.2) is 23.4 Å². The maximum absolute atomic E-state index is 5.23. The second kappa shape index (κ2) is 4.28. The van der Waals surface area contributed by atoms with Crippen molar-refractivity contribution in [3.05, 3.63) is 11.1 Å². The van der Waals surface area contributed by atoms with E-state index in [1.807, 2.05) is 18.0 Å². The van der Waals surface area contributed by atoms with Crippen molar-refractivity contribution in [2.24, 2.45) is 5.84 Å². The standard InChI is InChI=1S/C7H11N3OS2/c8-10-7-9-1-5(13-7)4-12-6-2-11-3-6/h1,6H,2-4,8H2,(H,9,10). The molecular formula is C7H11N3OS2. The molecule has 1 aliphatic heterocycles. The number of nitrogens with two attached hydrogens (primary N) is 1. The van der Waals surface area contributed by atoms with E-state index in [4.69, 9.17) is 10.6 Å². The molecule has 0 aliphatic carbocycles. The van der Waals surface area contributed by atoms with Crippen LogP contribution < -0.4 is 11.3 Å². The van der Waals surface area contributed by atoms with E-state index in [2.05, 4.69) is 10.4 Å². The molecule has 2 heterocycles. The molecule has 1 aromatic rings. The summed E-state index contributed by atoms with van der Waals surface area (Å²) in [5.74, 6) is 6.23. The van der Waals surface area contributed by atoms with Gasteiger partial charge in [-0.1, -0.05) is 0 Å². The third-order valence-electron chi connectivity index (χ3n) is 1.75. The van der Waals surface area contributed by atoms with Crippen LogP contribution in [0.1, 0.15) is 4.88 Å². The smallest absolute Gasteiger partial charge is 0.197 e. The molecule has 1 aliphatic rings. The van der Waals surface area contributed by atoms with Crippen LogP contribution in [0, 0.1) is 0 Å². The van der Waals surface area contributed by atoms with Gasteiger partial charge in [0.1, 0.15) is 0 Å². The molecule has 4 nitrogen and oxygen atoms in total. The highest BCUT2D eigenvalue weighted by atomic mass is 32.2. The zero-order valence-electron chi connectivity index (χ0n) is 7.03. The zero-order chi connectivity index (χ0) is 9.10. The lowest BCUT2D eigenvalue weighted by Gasteiger charge is -2.24. The summed E-state index contributed by atoms with van der Waals surface area (Å²) in [4.78, 5) is 5.35. The fraction of sp³-hybridized carbons (Fsp3) is 0.571. The molecule has 1 saturated heterocycles. The molecule has 13 heavy (non-hydrogen) atoms. The van der Waals surface area contributed by atoms with Gasteiger partial charge in [-0.15, -0.1) is 23.1 Å². The van der Waals surface area contributed by atoms with Gasteiger partial charge in [-0.05, 0) is 0 Å². The van der Waals surface area contributed by atoms with Gasteiger partial charge in [-0.25, -0.2) is 10.8 Å². The van der Waals surface area contributed by atoms with Crippen molar-refractivity contribution >= 4 is 28.2 Å². The average molecular weight is 217 g/mol. The highest BCUT2D eigenvalue weighted by Crippen LogP contribution is 2.27. The Morgan fingerprint density at radius 2 is 2.62 bits per heavy atom. The Labute approximate surface area is 84.8 Å². The number of nitrogens with zero attached hydrogens (tertiary/aromatic N) is 1. The summed E-state index contributed by atoms with van der Waals surface area (Å²) in [5.41, 5.74) is 2.54. The number of rotatable bonds is 4. The van der Waals surface area contributed by atoms with Crippen molar-refractivity contribution in [3.8, 4) is 0 Å². The molecule has 2 rings (SSSR count). The van der Waals surface area contributed by atoms with Crippen LogP contribution >= 0.6 is 23.1 Å². The molecule has 1 fully saturated rings. The molecule has 0 amide bonds. The summed E-state index contributed by atoms with van der Waals surface area (Å²) in [5, 5.41) is 1.46. The number of hydrogen-bond donors (Lipinski definition) is 2. The average Bonchev–Trinajstić information content (AvgIpc) is 2.49. The summed E-state index contributed by atoms with van der Waals surface area (Å²) < 4.78 is 5.08. The molecule has 0 unspecified atom stereocenters. The van der Waals surface area contributed by atoms with E-state index in [1.54, 1.807) is 11.3 Å². The van der Waals surface area contributed by atoms with E-state index >= 15 is 0 Å². The number of nitrogen functional groups attached to an aromatic ring is 1. The first kappa shape index (κ1) is 9.26. The van der Waals surface area contributed by atoms with Gasteiger partial charge in [0.05, 0.1) is 18.5 Å². The van der Waals surface area contributed by atoms with Crippen LogP contribution in [0.15, 0.2) is 6.20 Å². The number of ether oxygens (including phenoxy) is 1. The van der Waals surface area contributed by atoms with E-state index in [0.29, 0.717) is 5.25 Å². The van der Waals surface area contributed by atoms with Crippen molar-refractivity contribution in [1.82, 2.24) is 4.98 Å². The predicted octanol–water partition coefficient (Wildman–Crippen LogP) is 1.06. The van der Waals surface area contributed by atoms with Gasteiger partial charge in [0, 0.05) is 16.8 Å². The predicted molar refractivity (Wildman–Crippen MR) is 55.8 cm³/mol. The number of anilines is 1. The Bertz CT molecular complexity index is 274. The van der Waals surface area contributed by atoms with Crippen LogP contribution in [-0.2, 0) is 10.5 Å². The molecule has 0 aromatic carbocycles. The molecule has 1 aromatic heterocycles. The highest BCUT2D eigenvalue weighted by Gasteiger charge is 2.18. The fourth-order valence-electron chi connectivity index (χ4n) is 0.951. The fourth-order valence-corrected chi connectivity index (χ4v) is 2.77. The van der Waals surface area contributed by atoms with Gasteiger partial charge in [0.25, 0.3) is 0 Å². The summed E-state index contributed by atoms with van der Waals surface area (Å²) in [6.45, 7) is 1.79. The first-order valence-electron chi connectivity index (χ1n) is 3.99. The molecule has 0 spiro atoms. The van der Waals surface area contributed by atoms with E-state index < -0.39 is 0 Å². The summed E-state index contributed by atoms with van der Waals surface area (Å²) in [6.07, 6.45) is 1.87. The van der Waals surface area contributed by atoms with Crippen LogP contribution in [0.4, 0.5) is 5.13 Å². The molecule has 0 radical (unpaired) electrons. The van der Waals surface area contributed by atoms with Crippen LogP contribution in [0.3, 0.4) is 0 Å². The van der Waals surface area contributed by atoms with Crippen LogP contribution in [0.5, 0.6) is 0 Å². The number of hydrogen-bond acceptors (Lipinski definition) is 6. The summed E-state index contributed by atoms with van der Waals surface area (Å²) >= 11 is 3.52. The van der Waals surface area contributed by atoms with Gasteiger partial charge >= 0.3 is 0 Å². The SMILES string of the molecule is NNc1ncc(CSC2COC2)s1. The Balaban J connectivity index is 1.79. The molecule has 0 atom stereocenters. The molecule has 6 heteroatoms. The third kappa shape index (κ3) is 2.34. The van der Waals surface area contributed by atoms with Crippen molar-refractivity contribution < 1.29 is 4.74 Å². The number of aromatic nitrogens is 1. The second-order valence-electron chi connectivity index (χ2n) is 2.75. The minimum absolute atomic E-state index is 0.677. The lowest BCUT2D eigenvalue weighted by Crippen LogP contribution is -2.30. The molecule has 72 valence electrons. The Hall–Kier alpha value is -0.300. The van der Waals surface area contributed by atoms with Crippen molar-refractivity contribution in [3.63, 3.8) is 0 Å². The molecule has 0 saturated carbocycles. The monoisotopic (exact) mass is 217 g/mol. The van der Waals surface area contributed by atoms with Gasteiger partial charge in [-0.2, -0.15) is 0 Å². The van der Waals surface area contributed by atoms with E-state index in [0.717, 1.165) is 24.1 Å². The zero-order valence-corrected chi connectivity index (χ0v) is 8.66. The second-order valence-corrected chi connectivity index (χ2v) is 5.15. The van der Waals surface area contributed by atoms with Crippen molar-refractivity contribution in [1.29, 1.82) is 0 Å². The molecule has 0 bridgehead atoms. The topological polar surface area (TPSA) is 60.2 Å². The van der Waals surface area contributed by atoms with E-state index in [-0.39, 0.29) is 0 Å². The number of hydrazine groups is 1. The largest absolute Gasteiger partial charge is 0.379 e. The lowest BCUT2D eigenvalue weighted by atomic mass is 10.4. The number of thioether (sulfide) groups is 1. The maximum Gasteiger partial charge on any atom is 0.197 e. The first-order chi connectivity index (χ1) is 6.38. The van der Waals surface area contributed by atoms with Gasteiger partial charge in [0.2, 0.25) is 0 Å².